The molecule has 1 amide bonds. The number of nitrogens with one attached hydrogen (secondary N) is 1. The number of hydrogen-bond acceptors (Lipinski definition) is 2. The number of benzene rings is 1. The van der Waals surface area contributed by atoms with E-state index in [2.05, 4.69) is 32.9 Å². The second-order valence-corrected chi connectivity index (χ2v) is 6.15. The molecule has 2 aromatic heterocycles. The van der Waals surface area contributed by atoms with Gasteiger partial charge >= 0.3 is 0 Å². The van der Waals surface area contributed by atoms with Crippen LogP contribution in [0, 0.1) is 3.57 Å². The Morgan fingerprint density at radius 2 is 2.14 bits per heavy atom. The van der Waals surface area contributed by atoms with E-state index in [1.54, 1.807) is 6.08 Å². The van der Waals surface area contributed by atoms with Crippen molar-refractivity contribution in [2.75, 3.05) is 5.32 Å². The Bertz CT molecular complexity index is 873. The third kappa shape index (κ3) is 3.31. The van der Waals surface area contributed by atoms with E-state index in [9.17, 15) is 4.79 Å². The summed E-state index contributed by atoms with van der Waals surface area (Å²) in [5.74, 6) is -0.219. The highest BCUT2D eigenvalue weighted by Crippen LogP contribution is 2.19. The van der Waals surface area contributed by atoms with Crippen LogP contribution in [0.1, 0.15) is 5.69 Å². The summed E-state index contributed by atoms with van der Waals surface area (Å²) >= 11 is 8.31. The minimum atomic E-state index is -0.219. The number of amides is 1. The van der Waals surface area contributed by atoms with Crippen LogP contribution in [0.3, 0.4) is 0 Å². The number of aromatic nitrogens is 2. The molecule has 0 aliphatic rings. The van der Waals surface area contributed by atoms with Gasteiger partial charge in [-0.15, -0.1) is 0 Å². The second-order valence-electron chi connectivity index (χ2n) is 4.55. The van der Waals surface area contributed by atoms with Crippen molar-refractivity contribution in [3.05, 3.63) is 69.2 Å². The molecule has 110 valence electrons. The van der Waals surface area contributed by atoms with Crippen molar-refractivity contribution in [1.82, 2.24) is 9.38 Å². The maximum Gasteiger partial charge on any atom is 0.248 e. The van der Waals surface area contributed by atoms with Gasteiger partial charge in [0.15, 0.2) is 5.15 Å². The monoisotopic (exact) mass is 423 g/mol. The van der Waals surface area contributed by atoms with Crippen LogP contribution in [0.4, 0.5) is 5.69 Å². The fourth-order valence-corrected chi connectivity index (χ4v) is 2.82. The van der Waals surface area contributed by atoms with E-state index in [-0.39, 0.29) is 5.91 Å². The number of hydrogen-bond donors (Lipinski definition) is 1. The normalized spacial score (nSPS) is 11.2. The predicted octanol–water partition coefficient (Wildman–Crippen LogP) is 4.24. The maximum absolute atomic E-state index is 12.0. The summed E-state index contributed by atoms with van der Waals surface area (Å²) in [6, 6.07) is 13.2. The number of carbonyl (C=O) groups excluding carboxylic acids is 1. The molecule has 0 spiro atoms. The molecule has 3 rings (SSSR count). The first kappa shape index (κ1) is 15.1. The van der Waals surface area contributed by atoms with Crippen LogP contribution < -0.4 is 5.32 Å². The molecule has 3 aromatic rings. The highest BCUT2D eigenvalue weighted by Gasteiger charge is 2.07. The van der Waals surface area contributed by atoms with E-state index in [0.29, 0.717) is 10.8 Å². The van der Waals surface area contributed by atoms with Gasteiger partial charge in [-0.25, -0.2) is 4.98 Å². The molecule has 0 fully saturated rings. The molecule has 0 aliphatic carbocycles. The molecule has 4 nitrogen and oxygen atoms in total. The summed E-state index contributed by atoms with van der Waals surface area (Å²) in [4.78, 5) is 16.2. The van der Waals surface area contributed by atoms with Crippen LogP contribution in [0.5, 0.6) is 0 Å². The summed E-state index contributed by atoms with van der Waals surface area (Å²) in [6.07, 6.45) is 4.96. The molecular weight excluding hydrogens is 413 g/mol. The number of rotatable bonds is 3. The van der Waals surface area contributed by atoms with E-state index in [0.717, 1.165) is 14.9 Å². The SMILES string of the molecule is O=C(C=Cc1c(Cl)nc2ccccn12)Nc1cccc(I)c1. The minimum Gasteiger partial charge on any atom is -0.322 e. The van der Waals surface area contributed by atoms with Crippen molar-refractivity contribution in [3.63, 3.8) is 0 Å². The Labute approximate surface area is 146 Å². The highest BCUT2D eigenvalue weighted by molar-refractivity contribution is 14.1. The first-order valence-electron chi connectivity index (χ1n) is 6.51. The van der Waals surface area contributed by atoms with E-state index in [1.807, 2.05) is 53.1 Å². The lowest BCUT2D eigenvalue weighted by atomic mass is 10.3. The molecule has 2 heterocycles. The van der Waals surface area contributed by atoms with Crippen molar-refractivity contribution in [2.24, 2.45) is 0 Å². The number of nitrogens with zero attached hydrogens (tertiary/aromatic N) is 2. The van der Waals surface area contributed by atoms with Crippen molar-refractivity contribution in [1.29, 1.82) is 0 Å². The van der Waals surface area contributed by atoms with E-state index in [1.165, 1.54) is 6.08 Å². The summed E-state index contributed by atoms with van der Waals surface area (Å²) in [5, 5.41) is 3.17. The lowest BCUT2D eigenvalue weighted by molar-refractivity contribution is -0.111. The van der Waals surface area contributed by atoms with Gasteiger partial charge in [-0.3, -0.25) is 9.20 Å². The van der Waals surface area contributed by atoms with Gasteiger partial charge in [-0.1, -0.05) is 23.7 Å². The number of imidazole rings is 1. The molecule has 1 N–H and O–H groups in total. The van der Waals surface area contributed by atoms with Crippen molar-refractivity contribution in [3.8, 4) is 0 Å². The number of carbonyl (C=O) groups is 1. The summed E-state index contributed by atoms with van der Waals surface area (Å²) < 4.78 is 2.89. The Morgan fingerprint density at radius 3 is 2.95 bits per heavy atom. The molecule has 0 bridgehead atoms. The Hall–Kier alpha value is -1.86. The van der Waals surface area contributed by atoms with Gasteiger partial charge in [0, 0.05) is 21.5 Å². The zero-order chi connectivity index (χ0) is 15.5. The van der Waals surface area contributed by atoms with Gasteiger partial charge < -0.3 is 5.32 Å². The smallest absolute Gasteiger partial charge is 0.248 e. The molecule has 0 aliphatic heterocycles. The molecule has 0 saturated heterocycles. The molecule has 0 radical (unpaired) electrons. The number of pyridine rings is 1. The van der Waals surface area contributed by atoms with Gasteiger partial charge in [0.2, 0.25) is 5.91 Å². The van der Waals surface area contributed by atoms with Crippen molar-refractivity contribution < 1.29 is 4.79 Å². The third-order valence-electron chi connectivity index (χ3n) is 3.01. The Morgan fingerprint density at radius 1 is 1.27 bits per heavy atom. The van der Waals surface area contributed by atoms with E-state index < -0.39 is 0 Å². The zero-order valence-corrected chi connectivity index (χ0v) is 14.2. The lowest BCUT2D eigenvalue weighted by Gasteiger charge is -2.02. The molecule has 6 heteroatoms. The molecule has 0 atom stereocenters. The van der Waals surface area contributed by atoms with Crippen molar-refractivity contribution >= 4 is 57.5 Å². The largest absolute Gasteiger partial charge is 0.322 e. The van der Waals surface area contributed by atoms with Crippen LogP contribution in [0.2, 0.25) is 5.15 Å². The first-order valence-corrected chi connectivity index (χ1v) is 7.96. The van der Waals surface area contributed by atoms with Crippen LogP contribution in [-0.2, 0) is 4.79 Å². The van der Waals surface area contributed by atoms with E-state index >= 15 is 0 Å². The number of fused-ring (bicyclic) bond motifs is 1. The van der Waals surface area contributed by atoms with Gasteiger partial charge in [-0.2, -0.15) is 0 Å². The van der Waals surface area contributed by atoms with Crippen LogP contribution in [0.25, 0.3) is 11.7 Å². The van der Waals surface area contributed by atoms with Gasteiger partial charge in [0.1, 0.15) is 5.65 Å². The third-order valence-corrected chi connectivity index (χ3v) is 3.96. The zero-order valence-electron chi connectivity index (χ0n) is 11.3. The topological polar surface area (TPSA) is 46.4 Å². The highest BCUT2D eigenvalue weighted by atomic mass is 127. The van der Waals surface area contributed by atoms with Crippen molar-refractivity contribution in [2.45, 2.75) is 0 Å². The number of anilines is 1. The Balaban J connectivity index is 1.81. The number of halogens is 2. The van der Waals surface area contributed by atoms with Crippen LogP contribution >= 0.6 is 34.2 Å². The first-order chi connectivity index (χ1) is 10.6. The van der Waals surface area contributed by atoms with Gasteiger partial charge in [0.05, 0.1) is 5.69 Å². The van der Waals surface area contributed by atoms with Crippen LogP contribution in [-0.4, -0.2) is 15.3 Å². The van der Waals surface area contributed by atoms with E-state index in [4.69, 9.17) is 11.6 Å². The molecule has 1 aromatic carbocycles. The fraction of sp³-hybridized carbons (Fsp3) is 0. The average Bonchev–Trinajstić information content (AvgIpc) is 2.80. The average molecular weight is 424 g/mol. The quantitative estimate of drug-likeness (QED) is 0.506. The second kappa shape index (κ2) is 6.50. The Kier molecular flexibility index (Phi) is 4.44. The maximum atomic E-state index is 12.0. The molecular formula is C16H11ClIN3O. The summed E-state index contributed by atoms with van der Waals surface area (Å²) in [5.41, 5.74) is 2.17. The predicted molar refractivity (Wildman–Crippen MR) is 97.0 cm³/mol. The van der Waals surface area contributed by atoms with Crippen LogP contribution in [0.15, 0.2) is 54.7 Å². The fourth-order valence-electron chi connectivity index (χ4n) is 2.04. The van der Waals surface area contributed by atoms with Gasteiger partial charge in [0.25, 0.3) is 0 Å². The summed E-state index contributed by atoms with van der Waals surface area (Å²) in [7, 11) is 0. The molecule has 22 heavy (non-hydrogen) atoms. The minimum absolute atomic E-state index is 0.219. The van der Waals surface area contributed by atoms with Gasteiger partial charge in [-0.05, 0) is 59.0 Å². The lowest BCUT2D eigenvalue weighted by Crippen LogP contribution is -2.07. The summed E-state index contributed by atoms with van der Waals surface area (Å²) in [6.45, 7) is 0. The molecule has 0 unspecified atom stereocenters. The standard InChI is InChI=1S/C16H11ClIN3O/c17-16-13(21-9-2-1-6-14(21)20-16)7-8-15(22)19-12-5-3-4-11(18)10-12/h1-10H,(H,19,22). The molecule has 0 saturated carbocycles.